The summed E-state index contributed by atoms with van der Waals surface area (Å²) in [6, 6.07) is -0.192. The Hall–Kier alpha value is -0.750. The number of aromatic nitrogens is 2. The van der Waals surface area contributed by atoms with Gasteiger partial charge in [0.25, 0.3) is 5.95 Å². The minimum Gasteiger partial charge on any atom is -0.365 e. The normalized spacial score (nSPS) is 13.2. The Morgan fingerprint density at radius 1 is 1.67 bits per heavy atom. The van der Waals surface area contributed by atoms with E-state index in [4.69, 9.17) is 16.0 Å². The molecule has 1 aromatic heterocycles. The predicted molar refractivity (Wildman–Crippen MR) is 48.6 cm³/mol. The number of hydrogen-bond acceptors (Lipinski definition) is 6. The van der Waals surface area contributed by atoms with Crippen molar-refractivity contribution in [3.63, 3.8) is 0 Å². The van der Waals surface area contributed by atoms with E-state index in [2.05, 4.69) is 10.1 Å². The van der Waals surface area contributed by atoms with Crippen molar-refractivity contribution in [3.05, 3.63) is 5.89 Å². The van der Waals surface area contributed by atoms with Gasteiger partial charge >= 0.3 is 0 Å². The molecule has 4 N–H and O–H groups in total. The summed E-state index contributed by atoms with van der Waals surface area (Å²) in [5.41, 5.74) is 11.0. The maximum atomic E-state index is 5.73. The fraction of sp³-hybridized carbons (Fsp3) is 0.667. The molecule has 0 amide bonds. The minimum absolute atomic E-state index is 0.143. The molecule has 5 nitrogen and oxygen atoms in total. The molecule has 0 fully saturated rings. The van der Waals surface area contributed by atoms with Gasteiger partial charge in [0.15, 0.2) is 0 Å². The summed E-state index contributed by atoms with van der Waals surface area (Å²) >= 11 is 1.73. The third-order valence-electron chi connectivity index (χ3n) is 1.41. The molecule has 0 saturated carbocycles. The summed E-state index contributed by atoms with van der Waals surface area (Å²) < 4.78 is 4.80. The zero-order valence-electron chi connectivity index (χ0n) is 6.86. The highest BCUT2D eigenvalue weighted by molar-refractivity contribution is 7.98. The molecule has 1 aromatic rings. The second-order valence-electron chi connectivity index (χ2n) is 2.38. The quantitative estimate of drug-likeness (QED) is 0.711. The Morgan fingerprint density at radius 2 is 2.42 bits per heavy atom. The SMILES string of the molecule is CSCC[C@@H](N)c1nc(N)no1. The summed E-state index contributed by atoms with van der Waals surface area (Å²) in [4.78, 5) is 3.83. The number of anilines is 1. The monoisotopic (exact) mass is 188 g/mol. The molecule has 0 aliphatic heterocycles. The second-order valence-corrected chi connectivity index (χ2v) is 3.36. The van der Waals surface area contributed by atoms with Crippen LogP contribution in [0.25, 0.3) is 0 Å². The van der Waals surface area contributed by atoms with Crippen LogP contribution in [0.1, 0.15) is 18.4 Å². The van der Waals surface area contributed by atoms with E-state index in [-0.39, 0.29) is 12.0 Å². The summed E-state index contributed by atoms with van der Waals surface area (Å²) in [6.07, 6.45) is 2.84. The lowest BCUT2D eigenvalue weighted by molar-refractivity contribution is 0.353. The molecule has 0 bridgehead atoms. The Balaban J connectivity index is 2.47. The van der Waals surface area contributed by atoms with Gasteiger partial charge in [0, 0.05) is 0 Å². The summed E-state index contributed by atoms with van der Waals surface area (Å²) in [6.45, 7) is 0. The lowest BCUT2D eigenvalue weighted by Gasteiger charge is -2.03. The van der Waals surface area contributed by atoms with Gasteiger partial charge in [-0.25, -0.2) is 0 Å². The first-order valence-corrected chi connectivity index (χ1v) is 4.97. The maximum absolute atomic E-state index is 5.73. The van der Waals surface area contributed by atoms with Crippen LogP contribution in [0.2, 0.25) is 0 Å². The Kier molecular flexibility index (Phi) is 3.36. The van der Waals surface area contributed by atoms with E-state index in [0.29, 0.717) is 5.89 Å². The maximum Gasteiger partial charge on any atom is 0.260 e. The standard InChI is InChI=1S/C6H12N4OS/c1-12-3-2-4(7)5-9-6(8)10-11-5/h4H,2-3,7H2,1H3,(H2,8,10)/t4-/m1/s1. The molecular formula is C6H12N4OS. The minimum atomic E-state index is -0.192. The smallest absolute Gasteiger partial charge is 0.260 e. The van der Waals surface area contributed by atoms with Crippen LogP contribution in [0.4, 0.5) is 5.95 Å². The molecule has 0 radical (unpaired) electrons. The first-order valence-electron chi connectivity index (χ1n) is 3.57. The molecule has 0 unspecified atom stereocenters. The van der Waals surface area contributed by atoms with Crippen molar-refractivity contribution >= 4 is 17.7 Å². The van der Waals surface area contributed by atoms with Gasteiger partial charge in [-0.2, -0.15) is 16.7 Å². The summed E-state index contributed by atoms with van der Waals surface area (Å²) in [5.74, 6) is 1.54. The van der Waals surface area contributed by atoms with Crippen LogP contribution < -0.4 is 11.5 Å². The van der Waals surface area contributed by atoms with Crippen LogP contribution in [0, 0.1) is 0 Å². The van der Waals surface area contributed by atoms with Crippen LogP contribution in [0.15, 0.2) is 4.52 Å². The number of hydrogen-bond donors (Lipinski definition) is 2. The molecule has 1 heterocycles. The first kappa shape index (κ1) is 9.34. The molecule has 0 aromatic carbocycles. The van der Waals surface area contributed by atoms with Gasteiger partial charge in [-0.1, -0.05) is 0 Å². The van der Waals surface area contributed by atoms with Crippen molar-refractivity contribution in [2.24, 2.45) is 5.73 Å². The van der Waals surface area contributed by atoms with Gasteiger partial charge in [-0.05, 0) is 23.6 Å². The Labute approximate surface area is 74.9 Å². The number of nitrogens with zero attached hydrogens (tertiary/aromatic N) is 2. The highest BCUT2D eigenvalue weighted by Gasteiger charge is 2.12. The van der Waals surface area contributed by atoms with Gasteiger partial charge in [0.2, 0.25) is 5.89 Å². The van der Waals surface area contributed by atoms with E-state index in [9.17, 15) is 0 Å². The highest BCUT2D eigenvalue weighted by atomic mass is 32.2. The van der Waals surface area contributed by atoms with Crippen molar-refractivity contribution in [2.45, 2.75) is 12.5 Å². The molecule has 0 saturated heterocycles. The summed E-state index contributed by atoms with van der Waals surface area (Å²) in [5, 5.41) is 3.45. The molecule has 0 aliphatic carbocycles. The van der Waals surface area contributed by atoms with Gasteiger partial charge in [0.05, 0.1) is 6.04 Å². The fourth-order valence-corrected chi connectivity index (χ4v) is 1.26. The number of nitrogens with two attached hydrogens (primary N) is 2. The van der Waals surface area contributed by atoms with E-state index in [1.54, 1.807) is 11.8 Å². The van der Waals surface area contributed by atoms with Gasteiger partial charge in [-0.15, -0.1) is 0 Å². The van der Waals surface area contributed by atoms with Crippen molar-refractivity contribution in [1.82, 2.24) is 10.1 Å². The van der Waals surface area contributed by atoms with E-state index >= 15 is 0 Å². The highest BCUT2D eigenvalue weighted by Crippen LogP contribution is 2.13. The molecule has 1 rings (SSSR count). The number of rotatable bonds is 4. The third-order valence-corrected chi connectivity index (χ3v) is 2.05. The van der Waals surface area contributed by atoms with Gasteiger partial charge in [-0.3, -0.25) is 0 Å². The lowest BCUT2D eigenvalue weighted by Crippen LogP contribution is -2.11. The van der Waals surface area contributed by atoms with Crippen molar-refractivity contribution in [3.8, 4) is 0 Å². The van der Waals surface area contributed by atoms with E-state index < -0.39 is 0 Å². The average molecular weight is 188 g/mol. The first-order chi connectivity index (χ1) is 5.74. The van der Waals surface area contributed by atoms with Gasteiger partial charge < -0.3 is 16.0 Å². The van der Waals surface area contributed by atoms with Crippen LogP contribution in [-0.4, -0.2) is 22.1 Å². The van der Waals surface area contributed by atoms with Gasteiger partial charge in [0.1, 0.15) is 0 Å². The molecule has 0 spiro atoms. The topological polar surface area (TPSA) is 91.0 Å². The van der Waals surface area contributed by atoms with Crippen LogP contribution in [0.5, 0.6) is 0 Å². The largest absolute Gasteiger partial charge is 0.365 e. The van der Waals surface area contributed by atoms with E-state index in [0.717, 1.165) is 12.2 Å². The predicted octanol–water partition coefficient (Wildman–Crippen LogP) is 0.405. The number of nitrogen functional groups attached to an aromatic ring is 1. The van der Waals surface area contributed by atoms with Crippen molar-refractivity contribution in [2.75, 3.05) is 17.7 Å². The third kappa shape index (κ3) is 2.38. The van der Waals surface area contributed by atoms with E-state index in [1.807, 2.05) is 6.26 Å². The Morgan fingerprint density at radius 3 is 2.92 bits per heavy atom. The zero-order valence-corrected chi connectivity index (χ0v) is 7.67. The Bertz CT molecular complexity index is 239. The molecule has 68 valence electrons. The molecule has 12 heavy (non-hydrogen) atoms. The van der Waals surface area contributed by atoms with Crippen LogP contribution in [0.3, 0.4) is 0 Å². The van der Waals surface area contributed by atoms with Crippen molar-refractivity contribution < 1.29 is 4.52 Å². The summed E-state index contributed by atoms with van der Waals surface area (Å²) in [7, 11) is 0. The lowest BCUT2D eigenvalue weighted by atomic mass is 10.2. The fourth-order valence-electron chi connectivity index (χ4n) is 0.766. The average Bonchev–Trinajstić information content (AvgIpc) is 2.47. The molecule has 6 heteroatoms. The molecular weight excluding hydrogens is 176 g/mol. The number of thioether (sulfide) groups is 1. The van der Waals surface area contributed by atoms with Crippen LogP contribution in [-0.2, 0) is 0 Å². The molecule has 0 aliphatic rings. The van der Waals surface area contributed by atoms with E-state index in [1.165, 1.54) is 0 Å². The van der Waals surface area contributed by atoms with Crippen molar-refractivity contribution in [1.29, 1.82) is 0 Å². The second kappa shape index (κ2) is 4.32. The molecule has 1 atom stereocenters. The van der Waals surface area contributed by atoms with Crippen LogP contribution >= 0.6 is 11.8 Å². The zero-order chi connectivity index (χ0) is 8.97.